The third-order valence-corrected chi connectivity index (χ3v) is 6.00. The number of halogens is 4. The smallest absolute Gasteiger partial charge is 0.323 e. The molecule has 1 aliphatic carbocycles. The van der Waals surface area contributed by atoms with E-state index in [1.165, 1.54) is 0 Å². The van der Waals surface area contributed by atoms with Crippen molar-refractivity contribution < 1.29 is 22.4 Å². The van der Waals surface area contributed by atoms with Crippen molar-refractivity contribution in [2.24, 2.45) is 5.92 Å². The largest absolute Gasteiger partial charge is 0.416 e. The second-order valence-electron chi connectivity index (χ2n) is 8.10. The minimum Gasteiger partial charge on any atom is -0.323 e. The van der Waals surface area contributed by atoms with Gasteiger partial charge in [0.2, 0.25) is 5.91 Å². The summed E-state index contributed by atoms with van der Waals surface area (Å²) in [4.78, 5) is 16.7. The number of alkyl halides is 3. The van der Waals surface area contributed by atoms with Gasteiger partial charge in [0.05, 0.1) is 11.3 Å². The van der Waals surface area contributed by atoms with Crippen molar-refractivity contribution >= 4 is 11.6 Å². The second-order valence-corrected chi connectivity index (χ2v) is 8.10. The minimum absolute atomic E-state index is 0.198. The molecule has 0 radical (unpaired) electrons. The monoisotopic (exact) mass is 442 g/mol. The third kappa shape index (κ3) is 4.98. The van der Waals surface area contributed by atoms with Crippen molar-refractivity contribution in [2.45, 2.75) is 37.8 Å². The fourth-order valence-corrected chi connectivity index (χ4v) is 4.25. The molecule has 1 aliphatic rings. The van der Waals surface area contributed by atoms with Crippen molar-refractivity contribution in [1.29, 1.82) is 0 Å². The molecule has 32 heavy (non-hydrogen) atoms. The maximum atomic E-state index is 14.1. The molecule has 2 unspecified atom stereocenters. The zero-order valence-electron chi connectivity index (χ0n) is 17.2. The molecule has 3 nitrogen and oxygen atoms in total. The van der Waals surface area contributed by atoms with Crippen LogP contribution in [-0.4, -0.2) is 10.9 Å². The van der Waals surface area contributed by atoms with Gasteiger partial charge in [-0.2, -0.15) is 13.2 Å². The Bertz CT molecular complexity index is 1080. The number of anilines is 1. The van der Waals surface area contributed by atoms with Gasteiger partial charge in [0, 0.05) is 18.3 Å². The van der Waals surface area contributed by atoms with Gasteiger partial charge in [-0.3, -0.25) is 9.78 Å². The molecule has 1 N–H and O–H groups in total. The summed E-state index contributed by atoms with van der Waals surface area (Å²) < 4.78 is 52.3. The van der Waals surface area contributed by atoms with E-state index >= 15 is 0 Å². The number of pyridine rings is 1. The first-order valence-corrected chi connectivity index (χ1v) is 10.5. The number of aromatic nitrogens is 1. The average Bonchev–Trinajstić information content (AvgIpc) is 2.80. The maximum Gasteiger partial charge on any atom is 0.416 e. The van der Waals surface area contributed by atoms with Crippen molar-refractivity contribution in [2.75, 3.05) is 5.32 Å². The molecule has 1 heterocycles. The number of nitrogens with one attached hydrogen (secondary N) is 1. The summed E-state index contributed by atoms with van der Waals surface area (Å²) in [6, 6.07) is 14.3. The van der Waals surface area contributed by atoms with E-state index in [-0.39, 0.29) is 23.4 Å². The third-order valence-electron chi connectivity index (χ3n) is 6.00. The zero-order chi connectivity index (χ0) is 22.7. The number of hydrogen-bond acceptors (Lipinski definition) is 2. The standard InChI is InChI=1S/C25H22F4N2O/c26-22-15-21(25(27,28)29)8-9-23(22)31-24(32)20-3-1-2-19(14-20)17-6-4-16(5-7-17)18-10-12-30-13-11-18/h4-13,15,19-20H,1-3,14H2,(H,31,32). The van der Waals surface area contributed by atoms with Crippen LogP contribution in [0.1, 0.15) is 42.7 Å². The lowest BCUT2D eigenvalue weighted by Crippen LogP contribution is -2.28. The van der Waals surface area contributed by atoms with Crippen molar-refractivity contribution in [3.8, 4) is 11.1 Å². The van der Waals surface area contributed by atoms with E-state index in [2.05, 4.69) is 22.4 Å². The first-order chi connectivity index (χ1) is 15.3. The molecule has 0 aliphatic heterocycles. The molecule has 1 fully saturated rings. The van der Waals surface area contributed by atoms with E-state index in [0.717, 1.165) is 41.7 Å². The van der Waals surface area contributed by atoms with E-state index < -0.39 is 17.6 Å². The fourth-order valence-electron chi connectivity index (χ4n) is 4.25. The topological polar surface area (TPSA) is 42.0 Å². The Morgan fingerprint density at radius 1 is 0.938 bits per heavy atom. The van der Waals surface area contributed by atoms with Crippen LogP contribution >= 0.6 is 0 Å². The number of carbonyl (C=O) groups excluding carboxylic acids is 1. The van der Waals surface area contributed by atoms with Crippen molar-refractivity contribution in [1.82, 2.24) is 4.98 Å². The number of carbonyl (C=O) groups is 1. The molecule has 3 aromatic rings. The van der Waals surface area contributed by atoms with Gasteiger partial charge in [-0.1, -0.05) is 30.7 Å². The molecule has 1 amide bonds. The first kappa shape index (κ1) is 22.0. The van der Waals surface area contributed by atoms with Gasteiger partial charge in [-0.25, -0.2) is 4.39 Å². The fraction of sp³-hybridized carbons (Fsp3) is 0.280. The van der Waals surface area contributed by atoms with Gasteiger partial charge in [-0.05, 0) is 72.2 Å². The van der Waals surface area contributed by atoms with Gasteiger partial charge in [0.25, 0.3) is 0 Å². The summed E-state index contributed by atoms with van der Waals surface area (Å²) in [5.74, 6) is -1.58. The highest BCUT2D eigenvalue weighted by Gasteiger charge is 2.32. The molecule has 0 saturated heterocycles. The van der Waals surface area contributed by atoms with Crippen LogP contribution < -0.4 is 5.32 Å². The van der Waals surface area contributed by atoms with Crippen LogP contribution in [0.15, 0.2) is 67.0 Å². The summed E-state index contributed by atoms with van der Waals surface area (Å²) in [6.07, 6.45) is 1.94. The van der Waals surface area contributed by atoms with Gasteiger partial charge >= 0.3 is 6.18 Å². The first-order valence-electron chi connectivity index (χ1n) is 10.5. The van der Waals surface area contributed by atoms with Crippen LogP contribution in [0.4, 0.5) is 23.2 Å². The van der Waals surface area contributed by atoms with Crippen LogP contribution in [0.5, 0.6) is 0 Å². The molecule has 4 rings (SSSR count). The van der Waals surface area contributed by atoms with Gasteiger partial charge in [0.15, 0.2) is 0 Å². The van der Waals surface area contributed by atoms with E-state index in [9.17, 15) is 22.4 Å². The summed E-state index contributed by atoms with van der Waals surface area (Å²) in [5.41, 5.74) is 1.99. The number of rotatable bonds is 4. The summed E-state index contributed by atoms with van der Waals surface area (Å²) in [5, 5.41) is 2.47. The predicted molar refractivity (Wildman–Crippen MR) is 114 cm³/mol. The molecule has 0 bridgehead atoms. The lowest BCUT2D eigenvalue weighted by molar-refractivity contribution is -0.137. The summed E-state index contributed by atoms with van der Waals surface area (Å²) >= 11 is 0. The minimum atomic E-state index is -4.63. The molecule has 1 saturated carbocycles. The number of amides is 1. The van der Waals surface area contributed by atoms with Crippen molar-refractivity contribution in [3.63, 3.8) is 0 Å². The molecular weight excluding hydrogens is 420 g/mol. The Morgan fingerprint density at radius 3 is 2.28 bits per heavy atom. The quantitative estimate of drug-likeness (QED) is 0.451. The normalized spacial score (nSPS) is 18.9. The van der Waals surface area contributed by atoms with Crippen LogP contribution in [0.3, 0.4) is 0 Å². The van der Waals surface area contributed by atoms with E-state index in [0.29, 0.717) is 18.9 Å². The van der Waals surface area contributed by atoms with Crippen LogP contribution in [0.2, 0.25) is 0 Å². The predicted octanol–water partition coefficient (Wildman–Crippen LogP) is 6.82. The van der Waals surface area contributed by atoms with Gasteiger partial charge in [0.1, 0.15) is 5.82 Å². The van der Waals surface area contributed by atoms with E-state index in [1.54, 1.807) is 12.4 Å². The molecular formula is C25H22F4N2O. The molecule has 2 atom stereocenters. The average molecular weight is 442 g/mol. The Balaban J connectivity index is 1.42. The van der Waals surface area contributed by atoms with Crippen LogP contribution in [0.25, 0.3) is 11.1 Å². The highest BCUT2D eigenvalue weighted by Crippen LogP contribution is 2.38. The van der Waals surface area contributed by atoms with Gasteiger partial charge < -0.3 is 5.32 Å². The SMILES string of the molecule is O=C(Nc1ccc(C(F)(F)F)cc1F)C1CCCC(c2ccc(-c3ccncc3)cc2)C1. The lowest BCUT2D eigenvalue weighted by atomic mass is 9.77. The number of nitrogens with zero attached hydrogens (tertiary/aromatic N) is 1. The number of hydrogen-bond donors (Lipinski definition) is 1. The highest BCUT2D eigenvalue weighted by molar-refractivity contribution is 5.92. The Morgan fingerprint density at radius 2 is 1.62 bits per heavy atom. The maximum absolute atomic E-state index is 14.1. The van der Waals surface area contributed by atoms with Crippen LogP contribution in [-0.2, 0) is 11.0 Å². The van der Waals surface area contributed by atoms with Gasteiger partial charge in [-0.15, -0.1) is 0 Å². The number of benzene rings is 2. The van der Waals surface area contributed by atoms with E-state index in [1.807, 2.05) is 24.3 Å². The van der Waals surface area contributed by atoms with Crippen LogP contribution in [0, 0.1) is 11.7 Å². The highest BCUT2D eigenvalue weighted by atomic mass is 19.4. The molecule has 0 spiro atoms. The van der Waals surface area contributed by atoms with E-state index in [4.69, 9.17) is 0 Å². The second kappa shape index (κ2) is 9.10. The molecule has 1 aromatic heterocycles. The van der Waals surface area contributed by atoms with Crippen molar-refractivity contribution in [3.05, 3.63) is 83.9 Å². The summed E-state index contributed by atoms with van der Waals surface area (Å²) in [7, 11) is 0. The Labute approximate surface area is 183 Å². The Kier molecular flexibility index (Phi) is 6.26. The molecule has 166 valence electrons. The Hall–Kier alpha value is -3.22. The lowest BCUT2D eigenvalue weighted by Gasteiger charge is -2.29. The summed E-state index contributed by atoms with van der Waals surface area (Å²) in [6.45, 7) is 0. The molecule has 7 heteroatoms. The molecule has 2 aromatic carbocycles. The zero-order valence-corrected chi connectivity index (χ0v) is 17.2.